The fraction of sp³-hybridized carbons (Fsp3) is 0.263. The molecule has 2 heterocycles. The highest BCUT2D eigenvalue weighted by atomic mass is 32.2. The molecule has 0 aliphatic carbocycles. The second-order valence-electron chi connectivity index (χ2n) is 11.3. The smallest absolute Gasteiger partial charge is 0.301 e. The largest absolute Gasteiger partial charge is 0.507 e. The number of ketones is 1. The number of carbonyl (C=O) groups excluding carboxylic acids is 2. The molecule has 1 aliphatic rings. The first-order valence-electron chi connectivity index (χ1n) is 16.3. The van der Waals surface area contributed by atoms with Crippen molar-refractivity contribution in [2.24, 2.45) is 0 Å². The Morgan fingerprint density at radius 3 is 2.39 bits per heavy atom. The number of anilines is 1. The summed E-state index contributed by atoms with van der Waals surface area (Å²) >= 11 is 2.73. The molecule has 1 amide bonds. The van der Waals surface area contributed by atoms with Crippen LogP contribution in [0.4, 0.5) is 5.13 Å². The fourth-order valence-corrected chi connectivity index (χ4v) is 7.51. The summed E-state index contributed by atoms with van der Waals surface area (Å²) in [6.45, 7) is 7.34. The molecule has 0 bridgehead atoms. The van der Waals surface area contributed by atoms with Gasteiger partial charge < -0.3 is 19.3 Å². The van der Waals surface area contributed by atoms with Crippen LogP contribution in [-0.4, -0.2) is 46.8 Å². The van der Waals surface area contributed by atoms with E-state index in [4.69, 9.17) is 14.2 Å². The van der Waals surface area contributed by atoms with Crippen molar-refractivity contribution in [3.05, 3.63) is 107 Å². The molecular formula is C38H37N3O6S2. The Kier molecular flexibility index (Phi) is 10.8. The number of rotatable bonds is 14. The highest BCUT2D eigenvalue weighted by Crippen LogP contribution is 2.46. The zero-order valence-corrected chi connectivity index (χ0v) is 29.2. The fourth-order valence-electron chi connectivity index (χ4n) is 5.64. The number of hydrogen-bond acceptors (Lipinski definition) is 10. The zero-order valence-electron chi connectivity index (χ0n) is 27.5. The van der Waals surface area contributed by atoms with Crippen LogP contribution in [0.3, 0.4) is 0 Å². The molecule has 9 nitrogen and oxygen atoms in total. The van der Waals surface area contributed by atoms with Gasteiger partial charge in [-0.3, -0.25) is 14.5 Å². The van der Waals surface area contributed by atoms with E-state index in [2.05, 4.69) is 34.5 Å². The molecule has 49 heavy (non-hydrogen) atoms. The second kappa shape index (κ2) is 15.6. The Bertz CT molecular complexity index is 1990. The Hall–Kier alpha value is -4.87. The number of aliphatic hydroxyl groups excluding tert-OH is 1. The lowest BCUT2D eigenvalue weighted by Gasteiger charge is -2.23. The van der Waals surface area contributed by atoms with Gasteiger partial charge in [-0.1, -0.05) is 85.5 Å². The number of thioether (sulfide) groups is 1. The van der Waals surface area contributed by atoms with Crippen LogP contribution in [0.5, 0.6) is 17.2 Å². The van der Waals surface area contributed by atoms with E-state index in [9.17, 15) is 14.7 Å². The zero-order chi connectivity index (χ0) is 34.3. The molecule has 0 saturated carbocycles. The second-order valence-corrected chi connectivity index (χ2v) is 13.5. The summed E-state index contributed by atoms with van der Waals surface area (Å²) in [6, 6.07) is 25.5. The number of amides is 1. The predicted octanol–water partition coefficient (Wildman–Crippen LogP) is 8.59. The number of fused-ring (bicyclic) bond motifs is 1. The van der Waals surface area contributed by atoms with Crippen molar-refractivity contribution in [3.8, 4) is 17.2 Å². The van der Waals surface area contributed by atoms with E-state index < -0.39 is 17.7 Å². The van der Waals surface area contributed by atoms with Crippen LogP contribution >= 0.6 is 23.1 Å². The van der Waals surface area contributed by atoms with Crippen molar-refractivity contribution in [1.29, 1.82) is 0 Å². The Morgan fingerprint density at radius 1 is 0.857 bits per heavy atom. The van der Waals surface area contributed by atoms with E-state index in [1.807, 2.05) is 39.0 Å². The third-order valence-corrected chi connectivity index (χ3v) is 10.0. The van der Waals surface area contributed by atoms with Crippen molar-refractivity contribution in [2.45, 2.75) is 49.7 Å². The van der Waals surface area contributed by atoms with E-state index in [1.165, 1.54) is 28.0 Å². The van der Waals surface area contributed by atoms with E-state index in [0.717, 1.165) is 29.2 Å². The van der Waals surface area contributed by atoms with E-state index in [0.29, 0.717) is 58.3 Å². The van der Waals surface area contributed by atoms with Crippen molar-refractivity contribution in [2.75, 3.05) is 24.7 Å². The molecule has 1 fully saturated rings. The van der Waals surface area contributed by atoms with Crippen LogP contribution < -0.4 is 19.1 Å². The molecule has 1 saturated heterocycles. The summed E-state index contributed by atoms with van der Waals surface area (Å²) in [4.78, 5) is 29.0. The van der Waals surface area contributed by atoms with Gasteiger partial charge in [0.05, 0.1) is 31.4 Å². The van der Waals surface area contributed by atoms with Gasteiger partial charge in [-0.05, 0) is 78.1 Å². The third kappa shape index (κ3) is 7.28. The molecule has 6 rings (SSSR count). The van der Waals surface area contributed by atoms with E-state index in [-0.39, 0.29) is 16.5 Å². The number of benzene rings is 4. The van der Waals surface area contributed by atoms with Crippen LogP contribution in [0.15, 0.2) is 94.8 Å². The van der Waals surface area contributed by atoms with Gasteiger partial charge in [-0.15, -0.1) is 10.2 Å². The number of Topliss-reactive ketones (excluding diaryl/α,β-unsaturated/α-hetero) is 1. The minimum absolute atomic E-state index is 0.0583. The number of hydrogen-bond donors (Lipinski definition) is 1. The van der Waals surface area contributed by atoms with Crippen molar-refractivity contribution >= 4 is 56.5 Å². The Labute approximate surface area is 293 Å². The molecule has 252 valence electrons. The summed E-state index contributed by atoms with van der Waals surface area (Å²) in [5.74, 6) is 0.385. The van der Waals surface area contributed by atoms with Crippen LogP contribution in [0.25, 0.3) is 16.5 Å². The predicted molar refractivity (Wildman–Crippen MR) is 194 cm³/mol. The first kappa shape index (κ1) is 34.0. The molecule has 1 atom stereocenters. The average Bonchev–Trinajstić information content (AvgIpc) is 3.70. The highest BCUT2D eigenvalue weighted by molar-refractivity contribution is 8.00. The van der Waals surface area contributed by atoms with Crippen molar-refractivity contribution in [3.63, 3.8) is 0 Å². The Morgan fingerprint density at radius 2 is 1.61 bits per heavy atom. The van der Waals surface area contributed by atoms with Crippen LogP contribution in [0.1, 0.15) is 56.3 Å². The monoisotopic (exact) mass is 695 g/mol. The summed E-state index contributed by atoms with van der Waals surface area (Å²) in [7, 11) is 0. The lowest BCUT2D eigenvalue weighted by Crippen LogP contribution is -2.29. The molecule has 1 aliphatic heterocycles. The number of aliphatic hydroxyl groups is 1. The number of carbonyl (C=O) groups is 2. The maximum absolute atomic E-state index is 13.8. The summed E-state index contributed by atoms with van der Waals surface area (Å²) in [5, 5.41) is 23.0. The van der Waals surface area contributed by atoms with Crippen molar-refractivity contribution < 1.29 is 28.9 Å². The van der Waals surface area contributed by atoms with Gasteiger partial charge in [0.15, 0.2) is 15.8 Å². The average molecular weight is 696 g/mol. The normalized spacial score (nSPS) is 15.6. The maximum Gasteiger partial charge on any atom is 0.301 e. The third-order valence-electron chi connectivity index (χ3n) is 7.92. The van der Waals surface area contributed by atoms with Gasteiger partial charge in [0.2, 0.25) is 5.13 Å². The van der Waals surface area contributed by atoms with E-state index in [1.54, 1.807) is 42.5 Å². The maximum atomic E-state index is 13.8. The lowest BCUT2D eigenvalue weighted by molar-refractivity contribution is -0.132. The van der Waals surface area contributed by atoms with Gasteiger partial charge in [0.1, 0.15) is 11.5 Å². The summed E-state index contributed by atoms with van der Waals surface area (Å²) in [6.07, 6.45) is 1.67. The minimum Gasteiger partial charge on any atom is -0.507 e. The number of aromatic nitrogens is 2. The van der Waals surface area contributed by atoms with Gasteiger partial charge >= 0.3 is 5.91 Å². The lowest BCUT2D eigenvalue weighted by atomic mass is 9.95. The van der Waals surface area contributed by atoms with Crippen molar-refractivity contribution in [1.82, 2.24) is 10.2 Å². The molecule has 1 unspecified atom stereocenters. The number of nitrogens with zero attached hydrogens (tertiary/aromatic N) is 3. The van der Waals surface area contributed by atoms with Gasteiger partial charge in [-0.2, -0.15) is 0 Å². The van der Waals surface area contributed by atoms with Crippen LogP contribution in [0, 0.1) is 0 Å². The van der Waals surface area contributed by atoms with Crippen LogP contribution in [-0.2, 0) is 15.3 Å². The van der Waals surface area contributed by atoms with Gasteiger partial charge in [-0.25, -0.2) is 0 Å². The molecule has 5 aromatic rings. The number of ether oxygens (including phenoxy) is 3. The summed E-state index contributed by atoms with van der Waals surface area (Å²) < 4.78 is 18.2. The molecule has 11 heteroatoms. The summed E-state index contributed by atoms with van der Waals surface area (Å²) in [5.41, 5.74) is 2.02. The topological polar surface area (TPSA) is 111 Å². The van der Waals surface area contributed by atoms with Crippen LogP contribution in [0.2, 0.25) is 0 Å². The first-order chi connectivity index (χ1) is 23.9. The molecular weight excluding hydrogens is 659 g/mol. The molecule has 4 aromatic carbocycles. The first-order valence-corrected chi connectivity index (χ1v) is 18.1. The van der Waals surface area contributed by atoms with Gasteiger partial charge in [0.25, 0.3) is 5.78 Å². The Balaban J connectivity index is 1.38. The van der Waals surface area contributed by atoms with E-state index >= 15 is 0 Å². The van der Waals surface area contributed by atoms with Gasteiger partial charge in [0, 0.05) is 11.3 Å². The minimum atomic E-state index is -1.00. The molecule has 0 spiro atoms. The molecule has 1 N–H and O–H groups in total. The quantitative estimate of drug-likeness (QED) is 0.0401. The standard InChI is InChI=1S/C38H37N3O6S2/c1-4-20-46-28-17-14-25(15-18-28)34(42)32-33(26-16-19-30(47-21-5-2)31(22-26)45-6-3)41(36(44)35(32)43)37-39-40-38(49-37)48-23-27-12-9-11-24-10-7-8-13-29(24)27/h7-19,22,33,42H,4-6,20-21,23H2,1-3H3/b34-32+. The SMILES string of the molecule is CCCOc1ccc(/C(O)=C2\C(=O)C(=O)N(c3nnc(SCc4cccc5ccccc45)s3)C2c2ccc(OCCC)c(OCC)c2)cc1. The molecule has 1 aromatic heterocycles. The highest BCUT2D eigenvalue weighted by Gasteiger charge is 2.48. The molecule has 0 radical (unpaired) electrons.